The zero-order valence-electron chi connectivity index (χ0n) is 17.0. The summed E-state index contributed by atoms with van der Waals surface area (Å²) in [5.41, 5.74) is -0.361. The minimum absolute atomic E-state index is 0.0233. The lowest BCUT2D eigenvalue weighted by Gasteiger charge is -2.16. The SMILES string of the molecule is COc1cc(CCC(=O)Cl)c2c(=O)oc3c(OC)cc(CCC(=O)Cl)c4c(=O)oc1c2c34. The van der Waals surface area contributed by atoms with Crippen LogP contribution in [0, 0.1) is 0 Å². The first kappa shape index (κ1) is 22.1. The molecule has 0 aliphatic rings. The van der Waals surface area contributed by atoms with Crippen molar-refractivity contribution < 1.29 is 27.9 Å². The summed E-state index contributed by atoms with van der Waals surface area (Å²) in [4.78, 5) is 48.7. The van der Waals surface area contributed by atoms with Crippen LogP contribution in [-0.4, -0.2) is 24.7 Å². The summed E-state index contributed by atoms with van der Waals surface area (Å²) < 4.78 is 22.0. The van der Waals surface area contributed by atoms with Gasteiger partial charge in [-0.25, -0.2) is 9.59 Å². The largest absolute Gasteiger partial charge is 0.493 e. The second kappa shape index (κ2) is 8.44. The van der Waals surface area contributed by atoms with Gasteiger partial charge in [0.2, 0.25) is 10.5 Å². The third kappa shape index (κ3) is 3.59. The van der Waals surface area contributed by atoms with Crippen molar-refractivity contribution >= 4 is 66.4 Å². The van der Waals surface area contributed by atoms with E-state index in [0.29, 0.717) is 21.9 Å². The highest BCUT2D eigenvalue weighted by Crippen LogP contribution is 2.42. The standard InChI is InChI=1S/C22H16Cl2O8/c1-29-11-7-9(3-5-13(23)25)15-17-18-16(21(27)31-19(11)17)10(4-6-14(24)26)8-12(30-2)20(18)32-22(15)28/h7-8H,3-6H2,1-2H3. The molecule has 8 nitrogen and oxygen atoms in total. The number of hydrogen-bond donors (Lipinski definition) is 0. The van der Waals surface area contributed by atoms with Crippen LogP contribution in [0.5, 0.6) is 11.5 Å². The first-order chi connectivity index (χ1) is 15.3. The summed E-state index contributed by atoms with van der Waals surface area (Å²) >= 11 is 11.0. The predicted octanol–water partition coefficient (Wildman–Crippen LogP) is 3.90. The van der Waals surface area contributed by atoms with E-state index in [1.165, 1.54) is 26.4 Å². The first-order valence-corrected chi connectivity index (χ1v) is 10.3. The van der Waals surface area contributed by atoms with E-state index in [4.69, 9.17) is 41.5 Å². The van der Waals surface area contributed by atoms with Gasteiger partial charge in [0.1, 0.15) is 0 Å². The lowest BCUT2D eigenvalue weighted by atomic mass is 9.94. The van der Waals surface area contributed by atoms with Gasteiger partial charge in [-0.05, 0) is 59.3 Å². The maximum atomic E-state index is 13.0. The average molecular weight is 479 g/mol. The van der Waals surface area contributed by atoms with Crippen LogP contribution in [0.3, 0.4) is 0 Å². The number of aryl methyl sites for hydroxylation is 2. The van der Waals surface area contributed by atoms with Gasteiger partial charge in [0.15, 0.2) is 22.7 Å². The van der Waals surface area contributed by atoms with E-state index < -0.39 is 21.7 Å². The number of benzene rings is 2. The Morgan fingerprint density at radius 3 is 1.44 bits per heavy atom. The summed E-state index contributed by atoms with van der Waals surface area (Å²) in [6.45, 7) is 0. The minimum Gasteiger partial charge on any atom is -0.493 e. The Kier molecular flexibility index (Phi) is 5.83. The molecular weight excluding hydrogens is 463 g/mol. The molecule has 2 aromatic heterocycles. The molecule has 4 rings (SSSR count). The van der Waals surface area contributed by atoms with Gasteiger partial charge >= 0.3 is 11.3 Å². The number of halogens is 2. The number of methoxy groups -OCH3 is 2. The fourth-order valence-corrected chi connectivity index (χ4v) is 4.17. The quantitative estimate of drug-likeness (QED) is 0.213. The lowest BCUT2D eigenvalue weighted by Crippen LogP contribution is -2.12. The summed E-state index contributed by atoms with van der Waals surface area (Å²) in [5.74, 6) is 0.418. The van der Waals surface area contributed by atoms with E-state index in [1.807, 2.05) is 0 Å². The van der Waals surface area contributed by atoms with Crippen LogP contribution in [0.4, 0.5) is 0 Å². The van der Waals surface area contributed by atoms with Gasteiger partial charge in [-0.2, -0.15) is 0 Å². The van der Waals surface area contributed by atoms with Crippen molar-refractivity contribution in [2.24, 2.45) is 0 Å². The molecule has 2 heterocycles. The fraction of sp³-hybridized carbons (Fsp3) is 0.273. The summed E-state index contributed by atoms with van der Waals surface area (Å²) in [6.07, 6.45) is 0.244. The molecule has 0 atom stereocenters. The van der Waals surface area contributed by atoms with Gasteiger partial charge < -0.3 is 18.3 Å². The highest BCUT2D eigenvalue weighted by Gasteiger charge is 2.26. The number of rotatable bonds is 8. The van der Waals surface area contributed by atoms with Crippen molar-refractivity contribution in [3.05, 3.63) is 44.1 Å². The number of carbonyl (C=O) groups is 2. The van der Waals surface area contributed by atoms with E-state index in [1.54, 1.807) is 0 Å². The van der Waals surface area contributed by atoms with Crippen LogP contribution in [0.15, 0.2) is 30.6 Å². The summed E-state index contributed by atoms with van der Waals surface area (Å²) in [7, 11) is 2.78. The molecule has 0 saturated carbocycles. The van der Waals surface area contributed by atoms with Gasteiger partial charge in [0, 0.05) is 23.6 Å². The lowest BCUT2D eigenvalue weighted by molar-refractivity contribution is -0.112. The topological polar surface area (TPSA) is 113 Å². The summed E-state index contributed by atoms with van der Waals surface area (Å²) in [5, 5.41) is -0.236. The third-order valence-corrected chi connectivity index (χ3v) is 5.70. The first-order valence-electron chi connectivity index (χ1n) is 9.55. The van der Waals surface area contributed by atoms with Crippen molar-refractivity contribution in [3.63, 3.8) is 0 Å². The maximum Gasteiger partial charge on any atom is 0.344 e. The number of ether oxygens (including phenoxy) is 2. The van der Waals surface area contributed by atoms with Gasteiger partial charge in [-0.15, -0.1) is 0 Å². The van der Waals surface area contributed by atoms with Gasteiger partial charge in [0.25, 0.3) is 0 Å². The Bertz CT molecular complexity index is 1380. The number of hydrogen-bond acceptors (Lipinski definition) is 8. The molecule has 0 aliphatic carbocycles. The third-order valence-electron chi connectivity index (χ3n) is 5.32. The van der Waals surface area contributed by atoms with Crippen LogP contribution >= 0.6 is 23.2 Å². The molecule has 0 unspecified atom stereocenters. The summed E-state index contributed by atoms with van der Waals surface area (Å²) in [6, 6.07) is 3.04. The molecule has 0 bridgehead atoms. The highest BCUT2D eigenvalue weighted by molar-refractivity contribution is 6.63. The smallest absolute Gasteiger partial charge is 0.344 e. The zero-order chi connectivity index (χ0) is 23.2. The van der Waals surface area contributed by atoms with E-state index in [9.17, 15) is 19.2 Å². The van der Waals surface area contributed by atoms with Gasteiger partial charge in [-0.1, -0.05) is 0 Å². The molecule has 0 amide bonds. The molecule has 2 aromatic carbocycles. The molecule has 0 radical (unpaired) electrons. The van der Waals surface area contributed by atoms with Crippen molar-refractivity contribution in [2.75, 3.05) is 14.2 Å². The molecule has 0 fully saturated rings. The molecule has 10 heteroatoms. The normalized spacial score (nSPS) is 11.5. The Labute approximate surface area is 189 Å². The zero-order valence-corrected chi connectivity index (χ0v) is 18.5. The minimum atomic E-state index is -0.695. The Hall–Kier alpha value is -3.10. The molecule has 32 heavy (non-hydrogen) atoms. The van der Waals surface area contributed by atoms with Crippen LogP contribution in [0.1, 0.15) is 24.0 Å². The van der Waals surface area contributed by atoms with Crippen LogP contribution in [0.2, 0.25) is 0 Å². The van der Waals surface area contributed by atoms with Crippen molar-refractivity contribution in [2.45, 2.75) is 25.7 Å². The predicted molar refractivity (Wildman–Crippen MR) is 119 cm³/mol. The fourth-order valence-electron chi connectivity index (χ4n) is 3.98. The number of carbonyl (C=O) groups excluding carboxylic acids is 2. The molecular formula is C22H16Cl2O8. The van der Waals surface area contributed by atoms with E-state index in [2.05, 4.69) is 0 Å². The Morgan fingerprint density at radius 2 is 1.12 bits per heavy atom. The van der Waals surface area contributed by atoms with Gasteiger partial charge in [-0.3, -0.25) is 9.59 Å². The molecule has 0 aliphatic heterocycles. The van der Waals surface area contributed by atoms with Crippen molar-refractivity contribution in [1.29, 1.82) is 0 Å². The Balaban J connectivity index is 2.22. The highest BCUT2D eigenvalue weighted by atomic mass is 35.5. The van der Waals surface area contributed by atoms with Crippen molar-refractivity contribution in [3.8, 4) is 11.5 Å². The van der Waals surface area contributed by atoms with Gasteiger partial charge in [0.05, 0.1) is 25.0 Å². The molecule has 4 aromatic rings. The maximum absolute atomic E-state index is 13.0. The molecule has 0 spiro atoms. The monoisotopic (exact) mass is 478 g/mol. The van der Waals surface area contributed by atoms with E-state index in [0.717, 1.165) is 0 Å². The van der Waals surface area contributed by atoms with E-state index in [-0.39, 0.29) is 59.1 Å². The Morgan fingerprint density at radius 1 is 0.750 bits per heavy atom. The van der Waals surface area contributed by atoms with Crippen LogP contribution < -0.4 is 20.7 Å². The van der Waals surface area contributed by atoms with E-state index >= 15 is 0 Å². The molecule has 0 N–H and O–H groups in total. The molecule has 0 saturated heterocycles. The molecule has 166 valence electrons. The second-order valence-corrected chi connectivity index (χ2v) is 7.97. The van der Waals surface area contributed by atoms with Crippen LogP contribution in [-0.2, 0) is 22.4 Å². The van der Waals surface area contributed by atoms with Crippen molar-refractivity contribution in [1.82, 2.24) is 0 Å². The average Bonchev–Trinajstić information content (AvgIpc) is 2.75. The van der Waals surface area contributed by atoms with Crippen LogP contribution in [0.25, 0.3) is 32.7 Å². The second-order valence-electron chi connectivity index (χ2n) is 7.12.